The van der Waals surface area contributed by atoms with E-state index in [2.05, 4.69) is 27.5 Å². The Balaban J connectivity index is 1.33. The summed E-state index contributed by atoms with van der Waals surface area (Å²) in [5.41, 5.74) is 0. The fourth-order valence-corrected chi connectivity index (χ4v) is 5.25. The molecule has 2 aliphatic rings. The van der Waals surface area contributed by atoms with Gasteiger partial charge < -0.3 is 20.2 Å². The molecule has 0 radical (unpaired) electrons. The van der Waals surface area contributed by atoms with Crippen LogP contribution in [-0.2, 0) is 29.3 Å². The number of likely N-dealkylation sites (tertiary alicyclic amines) is 1. The smallest absolute Gasteiger partial charge is 0.239 e. The number of carbonyl (C=O) groups excluding carboxylic acids is 2. The van der Waals surface area contributed by atoms with Gasteiger partial charge in [-0.2, -0.15) is 0 Å². The van der Waals surface area contributed by atoms with E-state index in [1.54, 1.807) is 17.4 Å². The van der Waals surface area contributed by atoms with Gasteiger partial charge in [-0.3, -0.25) is 19.4 Å². The molecule has 2 aliphatic heterocycles. The molecular weight excluding hydrogens is 416 g/mol. The van der Waals surface area contributed by atoms with E-state index in [9.17, 15) is 14.7 Å². The topological polar surface area (TPSA) is 98.1 Å². The summed E-state index contributed by atoms with van der Waals surface area (Å²) < 4.78 is 5.62. The Bertz CT molecular complexity index is 884. The molecule has 2 fully saturated rings. The van der Waals surface area contributed by atoms with E-state index in [4.69, 9.17) is 4.42 Å². The van der Waals surface area contributed by atoms with Crippen molar-refractivity contribution in [1.82, 2.24) is 20.4 Å². The number of nitrogens with zero attached hydrogens (tertiary/aromatic N) is 2. The molecule has 0 unspecified atom stereocenters. The number of hydrogen-bond acceptors (Lipinski definition) is 7. The number of fused-ring (bicyclic) bond motifs is 1. The summed E-state index contributed by atoms with van der Waals surface area (Å²) in [6.07, 6.45) is 2.03. The molecule has 4 heterocycles. The van der Waals surface area contributed by atoms with Crippen molar-refractivity contribution in [3.63, 3.8) is 0 Å². The number of likely N-dealkylation sites (N-methyl/N-ethyl adjacent to an activating group) is 1. The van der Waals surface area contributed by atoms with Crippen molar-refractivity contribution < 1.29 is 19.1 Å². The zero-order chi connectivity index (χ0) is 21.8. The maximum atomic E-state index is 12.9. The summed E-state index contributed by atoms with van der Waals surface area (Å²) in [6, 6.07) is 7.60. The van der Waals surface area contributed by atoms with Crippen molar-refractivity contribution in [2.45, 2.75) is 57.1 Å². The van der Waals surface area contributed by atoms with Gasteiger partial charge in [0.05, 0.1) is 13.1 Å². The highest BCUT2D eigenvalue weighted by Gasteiger charge is 2.45. The maximum absolute atomic E-state index is 12.9. The molecular formula is C22H30N4O4S. The van der Waals surface area contributed by atoms with E-state index in [0.717, 1.165) is 23.6 Å². The summed E-state index contributed by atoms with van der Waals surface area (Å²) in [7, 11) is 2.06. The first-order chi connectivity index (χ1) is 15.0. The normalized spacial score (nSPS) is 24.6. The second-order valence-electron chi connectivity index (χ2n) is 8.26. The van der Waals surface area contributed by atoms with Gasteiger partial charge in [0, 0.05) is 36.5 Å². The van der Waals surface area contributed by atoms with Gasteiger partial charge in [-0.15, -0.1) is 11.3 Å². The summed E-state index contributed by atoms with van der Waals surface area (Å²) in [5, 5.41) is 17.3. The number of nitrogens with one attached hydrogen (secondary N) is 2. The van der Waals surface area contributed by atoms with Crippen molar-refractivity contribution in [2.75, 3.05) is 20.1 Å². The predicted molar refractivity (Wildman–Crippen MR) is 117 cm³/mol. The summed E-state index contributed by atoms with van der Waals surface area (Å²) in [5.74, 6) is 1.36. The number of amides is 2. The molecule has 2 aromatic rings. The average molecular weight is 447 g/mol. The number of rotatable bonds is 8. The van der Waals surface area contributed by atoms with Gasteiger partial charge in [0.25, 0.3) is 0 Å². The van der Waals surface area contributed by atoms with Crippen LogP contribution in [0.4, 0.5) is 0 Å². The van der Waals surface area contributed by atoms with E-state index in [1.807, 2.05) is 23.6 Å². The van der Waals surface area contributed by atoms with Crippen LogP contribution in [0.25, 0.3) is 0 Å². The number of thiophene rings is 1. The van der Waals surface area contributed by atoms with E-state index < -0.39 is 0 Å². The fourth-order valence-electron chi connectivity index (χ4n) is 4.60. The lowest BCUT2D eigenvalue weighted by Gasteiger charge is -2.33. The Morgan fingerprint density at radius 1 is 1.35 bits per heavy atom. The lowest BCUT2D eigenvalue weighted by atomic mass is 10.0. The standard InChI is InChI=1S/C22H30N4O4S/c1-25-15(4-7-20(28)23-12-18-3-2-10-31-18)11-24-22(29)21-19(25)8-9-26(21)13-16-5-6-17(14-27)30-16/h2-3,5-6,10,15,19,21,27H,4,7-9,11-14H2,1H3,(H,23,28)(H,24,29)/t15-,19-,21+/m0/s1. The van der Waals surface area contributed by atoms with Crippen LogP contribution in [0.15, 0.2) is 34.1 Å². The first kappa shape index (κ1) is 22.0. The van der Waals surface area contributed by atoms with Crippen LogP contribution in [0.1, 0.15) is 35.7 Å². The van der Waals surface area contributed by atoms with Gasteiger partial charge in [0.1, 0.15) is 24.2 Å². The van der Waals surface area contributed by atoms with Crippen molar-refractivity contribution in [3.8, 4) is 0 Å². The molecule has 3 N–H and O–H groups in total. The van der Waals surface area contributed by atoms with Crippen molar-refractivity contribution in [3.05, 3.63) is 46.0 Å². The Labute approximate surface area is 186 Å². The minimum absolute atomic E-state index is 0.0351. The van der Waals surface area contributed by atoms with Gasteiger partial charge in [0.2, 0.25) is 11.8 Å². The third-order valence-corrected chi connectivity index (χ3v) is 7.20. The highest BCUT2D eigenvalue weighted by molar-refractivity contribution is 7.09. The Morgan fingerprint density at radius 2 is 2.19 bits per heavy atom. The van der Waals surface area contributed by atoms with Crippen molar-refractivity contribution >= 4 is 23.2 Å². The number of aliphatic hydroxyl groups excluding tert-OH is 1. The molecule has 4 rings (SSSR count). The van der Waals surface area contributed by atoms with Crippen LogP contribution in [0, 0.1) is 0 Å². The molecule has 0 spiro atoms. The average Bonchev–Trinajstić information content (AvgIpc) is 3.51. The summed E-state index contributed by atoms with van der Waals surface area (Å²) in [6.45, 7) is 2.33. The Morgan fingerprint density at radius 3 is 2.94 bits per heavy atom. The predicted octanol–water partition coefficient (Wildman–Crippen LogP) is 1.30. The zero-order valence-electron chi connectivity index (χ0n) is 17.8. The maximum Gasteiger partial charge on any atom is 0.239 e. The number of furan rings is 1. The van der Waals surface area contributed by atoms with Crippen LogP contribution < -0.4 is 10.6 Å². The van der Waals surface area contributed by atoms with Crippen LogP contribution in [0.2, 0.25) is 0 Å². The van der Waals surface area contributed by atoms with Gasteiger partial charge in [-0.1, -0.05) is 6.07 Å². The van der Waals surface area contributed by atoms with Crippen molar-refractivity contribution in [1.29, 1.82) is 0 Å². The lowest BCUT2D eigenvalue weighted by molar-refractivity contribution is -0.126. The van der Waals surface area contributed by atoms with Crippen molar-refractivity contribution in [2.24, 2.45) is 0 Å². The third kappa shape index (κ3) is 5.17. The molecule has 2 amide bonds. The van der Waals surface area contributed by atoms with Gasteiger partial charge in [0.15, 0.2) is 0 Å². The SMILES string of the molecule is CN1[C@@H](CCC(=O)NCc2cccs2)CNC(=O)[C@H]2[C@@H]1CCN2Cc1ccc(CO)o1. The number of aliphatic hydroxyl groups is 1. The van der Waals surface area contributed by atoms with Gasteiger partial charge in [-0.05, 0) is 43.5 Å². The zero-order valence-corrected chi connectivity index (χ0v) is 18.6. The first-order valence-corrected chi connectivity index (χ1v) is 11.6. The second kappa shape index (κ2) is 9.95. The third-order valence-electron chi connectivity index (χ3n) is 6.33. The van der Waals surface area contributed by atoms with E-state index >= 15 is 0 Å². The van der Waals surface area contributed by atoms with Crippen LogP contribution in [0.3, 0.4) is 0 Å². The molecule has 31 heavy (non-hydrogen) atoms. The molecule has 8 nitrogen and oxygen atoms in total. The second-order valence-corrected chi connectivity index (χ2v) is 9.29. The largest absolute Gasteiger partial charge is 0.462 e. The molecule has 0 aliphatic carbocycles. The monoisotopic (exact) mass is 446 g/mol. The van der Waals surface area contributed by atoms with Crippen LogP contribution in [0.5, 0.6) is 0 Å². The minimum Gasteiger partial charge on any atom is -0.462 e. The highest BCUT2D eigenvalue weighted by atomic mass is 32.1. The molecule has 0 aromatic carbocycles. The minimum atomic E-state index is -0.245. The molecule has 0 saturated carbocycles. The number of hydrogen-bond donors (Lipinski definition) is 3. The summed E-state index contributed by atoms with van der Waals surface area (Å²) in [4.78, 5) is 30.8. The molecule has 0 bridgehead atoms. The molecule has 9 heteroatoms. The van der Waals surface area contributed by atoms with E-state index in [-0.39, 0.29) is 36.5 Å². The molecule has 3 atom stereocenters. The summed E-state index contributed by atoms with van der Waals surface area (Å²) >= 11 is 1.63. The molecule has 2 aromatic heterocycles. The van der Waals surface area contributed by atoms with Crippen LogP contribution in [-0.4, -0.2) is 65.0 Å². The Kier molecular flexibility index (Phi) is 7.06. The molecule has 2 saturated heterocycles. The Hall–Kier alpha value is -2.20. The fraction of sp³-hybridized carbons (Fsp3) is 0.545. The number of carbonyl (C=O) groups is 2. The highest BCUT2D eigenvalue weighted by Crippen LogP contribution is 2.29. The van der Waals surface area contributed by atoms with E-state index in [1.165, 1.54) is 0 Å². The van der Waals surface area contributed by atoms with E-state index in [0.29, 0.717) is 38.2 Å². The molecule has 168 valence electrons. The lowest BCUT2D eigenvalue weighted by Crippen LogP contribution is -2.49. The van der Waals surface area contributed by atoms with Crippen LogP contribution >= 0.6 is 11.3 Å². The first-order valence-electron chi connectivity index (χ1n) is 10.8. The quantitative estimate of drug-likeness (QED) is 0.566. The van der Waals surface area contributed by atoms with Gasteiger partial charge in [-0.25, -0.2) is 0 Å². The van der Waals surface area contributed by atoms with Gasteiger partial charge >= 0.3 is 0 Å².